The summed E-state index contributed by atoms with van der Waals surface area (Å²) in [7, 11) is 0. The van der Waals surface area contributed by atoms with Gasteiger partial charge in [0, 0.05) is 12.8 Å². The summed E-state index contributed by atoms with van der Waals surface area (Å²) in [6.07, 6.45) is 2.47. The number of hydrogen-bond donors (Lipinski definition) is 1. The molecule has 2 nitrogen and oxygen atoms in total. The SMILES string of the molecule is C[C@@]12Cc3ccccc3C[C@]1(O)CCC2=O. The van der Waals surface area contributed by atoms with Crippen LogP contribution in [0, 0.1) is 5.41 Å². The minimum atomic E-state index is -0.807. The number of hydrogen-bond acceptors (Lipinski definition) is 2. The van der Waals surface area contributed by atoms with Crippen molar-refractivity contribution in [2.45, 2.75) is 38.2 Å². The summed E-state index contributed by atoms with van der Waals surface area (Å²) in [6.45, 7) is 1.93. The van der Waals surface area contributed by atoms with Crippen molar-refractivity contribution in [2.75, 3.05) is 0 Å². The van der Waals surface area contributed by atoms with E-state index >= 15 is 0 Å². The summed E-state index contributed by atoms with van der Waals surface area (Å²) in [5.41, 5.74) is 1.07. The molecule has 2 atom stereocenters. The second-order valence-electron chi connectivity index (χ2n) is 5.41. The van der Waals surface area contributed by atoms with E-state index in [-0.39, 0.29) is 5.78 Å². The molecule has 16 heavy (non-hydrogen) atoms. The van der Waals surface area contributed by atoms with Gasteiger partial charge in [0.25, 0.3) is 0 Å². The van der Waals surface area contributed by atoms with Crippen molar-refractivity contribution < 1.29 is 9.90 Å². The fourth-order valence-corrected chi connectivity index (χ4v) is 3.28. The molecule has 1 aromatic rings. The van der Waals surface area contributed by atoms with E-state index in [1.54, 1.807) is 0 Å². The zero-order chi connectivity index (χ0) is 11.4. The molecule has 2 heteroatoms. The van der Waals surface area contributed by atoms with Gasteiger partial charge in [0.15, 0.2) is 0 Å². The molecule has 1 aromatic carbocycles. The van der Waals surface area contributed by atoms with Crippen molar-refractivity contribution in [3.63, 3.8) is 0 Å². The van der Waals surface area contributed by atoms with Crippen LogP contribution in [-0.4, -0.2) is 16.5 Å². The number of rotatable bonds is 0. The Morgan fingerprint density at radius 2 is 1.81 bits per heavy atom. The second kappa shape index (κ2) is 2.95. The highest BCUT2D eigenvalue weighted by atomic mass is 16.3. The van der Waals surface area contributed by atoms with Gasteiger partial charge in [-0.15, -0.1) is 0 Å². The number of carbonyl (C=O) groups excluding carboxylic acids is 1. The summed E-state index contributed by atoms with van der Waals surface area (Å²) in [5.74, 6) is 0.226. The Balaban J connectivity index is 2.13. The summed E-state index contributed by atoms with van der Waals surface area (Å²) < 4.78 is 0. The first-order valence-corrected chi connectivity index (χ1v) is 5.88. The van der Waals surface area contributed by atoms with Crippen LogP contribution < -0.4 is 0 Å². The van der Waals surface area contributed by atoms with Crippen LogP contribution in [0.1, 0.15) is 30.9 Å². The normalized spacial score (nSPS) is 37.0. The van der Waals surface area contributed by atoms with E-state index < -0.39 is 11.0 Å². The number of Topliss-reactive ketones (excluding diaryl/α,β-unsaturated/α-hetero) is 1. The van der Waals surface area contributed by atoms with Gasteiger partial charge >= 0.3 is 0 Å². The topological polar surface area (TPSA) is 37.3 Å². The van der Waals surface area contributed by atoms with Gasteiger partial charge in [0.2, 0.25) is 0 Å². The first-order valence-electron chi connectivity index (χ1n) is 5.88. The Kier molecular flexibility index (Phi) is 1.85. The Labute approximate surface area is 95.3 Å². The quantitative estimate of drug-likeness (QED) is 0.719. The van der Waals surface area contributed by atoms with Crippen molar-refractivity contribution in [2.24, 2.45) is 5.41 Å². The fourth-order valence-electron chi connectivity index (χ4n) is 3.28. The third kappa shape index (κ3) is 1.08. The lowest BCUT2D eigenvalue weighted by atomic mass is 9.64. The lowest BCUT2D eigenvalue weighted by Crippen LogP contribution is -2.51. The number of ketones is 1. The minimum absolute atomic E-state index is 0.226. The van der Waals surface area contributed by atoms with E-state index in [9.17, 15) is 9.90 Å². The van der Waals surface area contributed by atoms with Gasteiger partial charge < -0.3 is 5.11 Å². The van der Waals surface area contributed by atoms with Crippen molar-refractivity contribution in [3.05, 3.63) is 35.4 Å². The first-order chi connectivity index (χ1) is 7.55. The lowest BCUT2D eigenvalue weighted by Gasteiger charge is -2.43. The van der Waals surface area contributed by atoms with Crippen molar-refractivity contribution in [3.8, 4) is 0 Å². The molecule has 1 fully saturated rings. The molecule has 3 rings (SSSR count). The monoisotopic (exact) mass is 216 g/mol. The molecular formula is C14H16O2. The summed E-state index contributed by atoms with van der Waals surface area (Å²) in [6, 6.07) is 8.15. The average Bonchev–Trinajstić information content (AvgIpc) is 2.48. The Hall–Kier alpha value is -1.15. The minimum Gasteiger partial charge on any atom is -0.388 e. The highest BCUT2D eigenvalue weighted by Gasteiger charge is 2.58. The highest BCUT2D eigenvalue weighted by molar-refractivity contribution is 5.89. The van der Waals surface area contributed by atoms with Gasteiger partial charge in [-0.05, 0) is 30.9 Å². The largest absolute Gasteiger partial charge is 0.388 e. The van der Waals surface area contributed by atoms with Crippen LogP contribution >= 0.6 is 0 Å². The van der Waals surface area contributed by atoms with Gasteiger partial charge in [-0.25, -0.2) is 0 Å². The predicted octanol–water partition coefficient (Wildman–Crippen LogP) is 1.89. The molecule has 0 unspecified atom stereocenters. The van der Waals surface area contributed by atoms with Crippen molar-refractivity contribution in [1.29, 1.82) is 0 Å². The molecule has 0 radical (unpaired) electrons. The number of benzene rings is 1. The second-order valence-corrected chi connectivity index (χ2v) is 5.41. The molecule has 84 valence electrons. The number of carbonyl (C=O) groups is 1. The molecule has 2 aliphatic carbocycles. The van der Waals surface area contributed by atoms with Crippen LogP contribution in [-0.2, 0) is 17.6 Å². The molecule has 0 aliphatic heterocycles. The Morgan fingerprint density at radius 1 is 1.19 bits per heavy atom. The lowest BCUT2D eigenvalue weighted by molar-refractivity contribution is -0.135. The predicted molar refractivity (Wildman–Crippen MR) is 61.1 cm³/mol. The molecule has 0 bridgehead atoms. The summed E-state index contributed by atoms with van der Waals surface area (Å²) in [5, 5.41) is 10.7. The van der Waals surface area contributed by atoms with E-state index in [0.29, 0.717) is 25.7 Å². The Bertz CT molecular complexity index is 466. The maximum atomic E-state index is 12.0. The zero-order valence-corrected chi connectivity index (χ0v) is 9.49. The number of fused-ring (bicyclic) bond motifs is 2. The van der Waals surface area contributed by atoms with Crippen LogP contribution in [0.3, 0.4) is 0 Å². The molecule has 0 aromatic heterocycles. The van der Waals surface area contributed by atoms with Gasteiger partial charge in [-0.2, -0.15) is 0 Å². The molecule has 1 saturated carbocycles. The fraction of sp³-hybridized carbons (Fsp3) is 0.500. The molecule has 0 saturated heterocycles. The summed E-state index contributed by atoms with van der Waals surface area (Å²) in [4.78, 5) is 12.0. The van der Waals surface area contributed by atoms with E-state index in [1.807, 2.05) is 19.1 Å². The maximum Gasteiger partial charge on any atom is 0.142 e. The highest BCUT2D eigenvalue weighted by Crippen LogP contribution is 2.51. The zero-order valence-electron chi connectivity index (χ0n) is 9.49. The Morgan fingerprint density at radius 3 is 2.50 bits per heavy atom. The van der Waals surface area contributed by atoms with Gasteiger partial charge in [0.1, 0.15) is 5.78 Å². The molecule has 2 aliphatic rings. The molecule has 1 N–H and O–H groups in total. The van der Waals surface area contributed by atoms with Crippen LogP contribution in [0.15, 0.2) is 24.3 Å². The van der Waals surface area contributed by atoms with Crippen LogP contribution in [0.4, 0.5) is 0 Å². The average molecular weight is 216 g/mol. The molecule has 0 spiro atoms. The standard InChI is InChI=1S/C14H16O2/c1-13-8-10-4-2-3-5-11(10)9-14(13,16)7-6-12(13)15/h2-5,16H,6-9H2,1H3/t13-,14+/m0/s1. The smallest absolute Gasteiger partial charge is 0.142 e. The third-order valence-electron chi connectivity index (χ3n) is 4.55. The molecular weight excluding hydrogens is 200 g/mol. The van der Waals surface area contributed by atoms with Gasteiger partial charge in [0.05, 0.1) is 11.0 Å². The van der Waals surface area contributed by atoms with E-state index in [2.05, 4.69) is 12.1 Å². The van der Waals surface area contributed by atoms with Gasteiger partial charge in [-0.3, -0.25) is 4.79 Å². The third-order valence-corrected chi connectivity index (χ3v) is 4.55. The van der Waals surface area contributed by atoms with Crippen LogP contribution in [0.2, 0.25) is 0 Å². The van der Waals surface area contributed by atoms with Crippen LogP contribution in [0.5, 0.6) is 0 Å². The van der Waals surface area contributed by atoms with E-state index in [0.717, 1.165) is 0 Å². The summed E-state index contributed by atoms with van der Waals surface area (Å²) >= 11 is 0. The van der Waals surface area contributed by atoms with Crippen LogP contribution in [0.25, 0.3) is 0 Å². The van der Waals surface area contributed by atoms with Gasteiger partial charge in [-0.1, -0.05) is 24.3 Å². The molecule has 0 amide bonds. The molecule has 0 heterocycles. The van der Waals surface area contributed by atoms with E-state index in [4.69, 9.17) is 0 Å². The number of aliphatic hydroxyl groups is 1. The van der Waals surface area contributed by atoms with Crippen molar-refractivity contribution >= 4 is 5.78 Å². The first kappa shape index (κ1) is 10.0. The van der Waals surface area contributed by atoms with Crippen molar-refractivity contribution in [1.82, 2.24) is 0 Å². The van der Waals surface area contributed by atoms with E-state index in [1.165, 1.54) is 11.1 Å². The maximum absolute atomic E-state index is 12.0.